The van der Waals surface area contributed by atoms with Crippen LogP contribution < -0.4 is 15.5 Å². The third kappa shape index (κ3) is 6.43. The minimum absolute atomic E-state index is 0.0483. The summed E-state index contributed by atoms with van der Waals surface area (Å²) in [6.07, 6.45) is 8.07. The number of benzene rings is 1. The highest BCUT2D eigenvalue weighted by Crippen LogP contribution is 2.37. The van der Waals surface area contributed by atoms with Crippen LogP contribution in [0.15, 0.2) is 47.2 Å². The number of fused-ring (bicyclic) bond motifs is 2. The highest BCUT2D eigenvalue weighted by atomic mass is 79.9. The van der Waals surface area contributed by atoms with Crippen LogP contribution in [-0.4, -0.2) is 110 Å². The summed E-state index contributed by atoms with van der Waals surface area (Å²) in [7, 11) is 3.52. The van der Waals surface area contributed by atoms with E-state index in [2.05, 4.69) is 50.9 Å². The number of halogens is 1. The molecular weight excluding hydrogens is 744 g/mol. The zero-order valence-electron chi connectivity index (χ0n) is 29.5. The maximum atomic E-state index is 13.4. The topological polar surface area (TPSA) is 166 Å². The van der Waals surface area contributed by atoms with Gasteiger partial charge in [-0.1, -0.05) is 18.9 Å². The monoisotopic (exact) mass is 782 g/mol. The van der Waals surface area contributed by atoms with Crippen LogP contribution in [0.4, 0.5) is 17.5 Å². The van der Waals surface area contributed by atoms with E-state index in [1.54, 1.807) is 31.3 Å². The molecule has 2 saturated heterocycles. The second-order valence-electron chi connectivity index (χ2n) is 14.2. The van der Waals surface area contributed by atoms with Crippen molar-refractivity contribution in [3.05, 3.63) is 69.6 Å². The van der Waals surface area contributed by atoms with E-state index < -0.39 is 29.7 Å². The minimum Gasteiger partial charge on any atom is -0.368 e. The summed E-state index contributed by atoms with van der Waals surface area (Å²) in [6, 6.07) is 8.54. The molecule has 15 nitrogen and oxygen atoms in total. The molecular formula is C37H39BrN10O5. The lowest BCUT2D eigenvalue weighted by molar-refractivity contribution is -0.136. The molecule has 1 aliphatic carbocycles. The van der Waals surface area contributed by atoms with E-state index in [0.717, 1.165) is 79.0 Å². The summed E-state index contributed by atoms with van der Waals surface area (Å²) in [5.41, 5.74) is 3.75. The molecule has 1 saturated carbocycles. The van der Waals surface area contributed by atoms with Gasteiger partial charge in [-0.05, 0) is 65.0 Å². The van der Waals surface area contributed by atoms with Gasteiger partial charge in [0, 0.05) is 75.3 Å². The molecule has 0 radical (unpaired) electrons. The molecule has 3 fully saturated rings. The maximum absolute atomic E-state index is 13.4. The summed E-state index contributed by atoms with van der Waals surface area (Å²) < 4.78 is 2.64. The molecule has 53 heavy (non-hydrogen) atoms. The molecule has 1 aromatic carbocycles. The zero-order valence-corrected chi connectivity index (χ0v) is 31.1. The number of nitrogens with one attached hydrogen (secondary N) is 2. The fourth-order valence-electron chi connectivity index (χ4n) is 7.84. The Balaban J connectivity index is 0.904. The molecule has 1 atom stereocenters. The van der Waals surface area contributed by atoms with Crippen molar-refractivity contribution in [3.8, 4) is 0 Å². The van der Waals surface area contributed by atoms with Gasteiger partial charge in [0.1, 0.15) is 23.2 Å². The summed E-state index contributed by atoms with van der Waals surface area (Å²) in [4.78, 5) is 84.9. The second-order valence-corrected chi connectivity index (χ2v) is 15.0. The summed E-state index contributed by atoms with van der Waals surface area (Å²) in [5, 5.41) is 6.31. The van der Waals surface area contributed by atoms with Crippen LogP contribution in [0.5, 0.6) is 0 Å². The first kappa shape index (κ1) is 34.8. The standard InChI is InChI=1S/C37H39BrN10O5/c1-44(2)35(52)27-17-22-18-40-37(43-32(22)47(27)23-5-3-4-6-23)41-28-11-8-24(19-39-28)46-15-13-45(14-16-46)20-21-7-9-25-30(31(21)38)36(53)48(34(25)51)26-10-12-29(49)42-33(26)50/h7-9,11,17-19,23,26H,3-6,10,12-16,20H2,1-2H3,(H,42,49,50)(H,39,40,41,43). The lowest BCUT2D eigenvalue weighted by Gasteiger charge is -2.36. The molecule has 3 aliphatic heterocycles. The number of amides is 5. The second kappa shape index (κ2) is 14.0. The van der Waals surface area contributed by atoms with Crippen molar-refractivity contribution in [2.45, 2.75) is 57.2 Å². The first-order valence-corrected chi connectivity index (χ1v) is 18.7. The lowest BCUT2D eigenvalue weighted by Crippen LogP contribution is -2.54. The SMILES string of the molecule is CN(C)C(=O)c1cc2cnc(Nc3ccc(N4CCN(Cc5ccc6c(c5Br)C(=O)N(C5CCC(=O)NC5=O)C6=O)CC4)cn3)nc2n1C1CCCC1. The fourth-order valence-corrected chi connectivity index (χ4v) is 8.48. The van der Waals surface area contributed by atoms with E-state index in [4.69, 9.17) is 4.98 Å². The van der Waals surface area contributed by atoms with Crippen LogP contribution in [0.3, 0.4) is 0 Å². The Bertz CT molecular complexity index is 2150. The quantitative estimate of drug-likeness (QED) is 0.249. The van der Waals surface area contributed by atoms with E-state index in [9.17, 15) is 24.0 Å². The minimum atomic E-state index is -1.01. The van der Waals surface area contributed by atoms with Crippen LogP contribution in [-0.2, 0) is 16.1 Å². The molecule has 6 heterocycles. The number of piperazine rings is 1. The van der Waals surface area contributed by atoms with Gasteiger partial charge >= 0.3 is 0 Å². The molecule has 1 unspecified atom stereocenters. The van der Waals surface area contributed by atoms with E-state index in [0.29, 0.717) is 28.5 Å². The van der Waals surface area contributed by atoms with E-state index >= 15 is 0 Å². The van der Waals surface area contributed by atoms with Gasteiger partial charge in [-0.15, -0.1) is 0 Å². The molecule has 3 aromatic heterocycles. The Hall–Kier alpha value is -5.22. The molecule has 5 amide bonds. The molecule has 16 heteroatoms. The zero-order chi connectivity index (χ0) is 37.0. The third-order valence-corrected chi connectivity index (χ3v) is 11.5. The fraction of sp³-hybridized carbons (Fsp3) is 0.405. The van der Waals surface area contributed by atoms with E-state index in [1.165, 1.54) is 0 Å². The highest BCUT2D eigenvalue weighted by Gasteiger charge is 2.46. The molecule has 0 bridgehead atoms. The number of piperidine rings is 1. The van der Waals surface area contributed by atoms with Crippen molar-refractivity contribution in [1.82, 2.24) is 39.5 Å². The molecule has 2 N–H and O–H groups in total. The smallest absolute Gasteiger partial charge is 0.270 e. The number of carbonyl (C=O) groups excluding carboxylic acids is 5. The Morgan fingerprint density at radius 2 is 1.74 bits per heavy atom. The van der Waals surface area contributed by atoms with Gasteiger partial charge in [-0.3, -0.25) is 39.1 Å². The lowest BCUT2D eigenvalue weighted by atomic mass is 10.0. The predicted molar refractivity (Wildman–Crippen MR) is 199 cm³/mol. The predicted octanol–water partition coefficient (Wildman–Crippen LogP) is 3.87. The maximum Gasteiger partial charge on any atom is 0.270 e. The largest absolute Gasteiger partial charge is 0.368 e. The van der Waals surface area contributed by atoms with Crippen molar-refractivity contribution < 1.29 is 24.0 Å². The van der Waals surface area contributed by atoms with Gasteiger partial charge in [0.25, 0.3) is 17.7 Å². The van der Waals surface area contributed by atoms with E-state index in [-0.39, 0.29) is 35.9 Å². The third-order valence-electron chi connectivity index (χ3n) is 10.6. The molecule has 274 valence electrons. The molecule has 4 aromatic rings. The number of nitrogens with zero attached hydrogens (tertiary/aromatic N) is 8. The molecule has 0 spiro atoms. The van der Waals surface area contributed by atoms with Gasteiger partial charge in [0.15, 0.2) is 0 Å². The Morgan fingerprint density at radius 1 is 0.962 bits per heavy atom. The van der Waals surface area contributed by atoms with E-state index in [1.807, 2.05) is 30.5 Å². The van der Waals surface area contributed by atoms with Gasteiger partial charge < -0.3 is 19.7 Å². The number of aromatic nitrogens is 4. The number of hydrogen-bond acceptors (Lipinski definition) is 11. The number of pyridine rings is 1. The Labute approximate surface area is 313 Å². The van der Waals surface area contributed by atoms with Crippen molar-refractivity contribution in [3.63, 3.8) is 0 Å². The van der Waals surface area contributed by atoms with Crippen molar-refractivity contribution >= 4 is 74.0 Å². The van der Waals surface area contributed by atoms with Crippen LogP contribution in [0.25, 0.3) is 11.0 Å². The summed E-state index contributed by atoms with van der Waals surface area (Å²) in [6.45, 7) is 3.65. The highest BCUT2D eigenvalue weighted by molar-refractivity contribution is 9.10. The van der Waals surface area contributed by atoms with Crippen molar-refractivity contribution in [2.75, 3.05) is 50.5 Å². The van der Waals surface area contributed by atoms with Crippen LogP contribution in [0, 0.1) is 0 Å². The average molecular weight is 784 g/mol. The number of hydrogen-bond donors (Lipinski definition) is 2. The van der Waals surface area contributed by atoms with Crippen LogP contribution >= 0.6 is 15.9 Å². The molecule has 4 aliphatic rings. The molecule has 8 rings (SSSR count). The van der Waals surface area contributed by atoms with Gasteiger partial charge in [-0.25, -0.2) is 9.97 Å². The van der Waals surface area contributed by atoms with Crippen LogP contribution in [0.2, 0.25) is 0 Å². The first-order valence-electron chi connectivity index (χ1n) is 17.9. The van der Waals surface area contributed by atoms with Gasteiger partial charge in [0.2, 0.25) is 17.8 Å². The summed E-state index contributed by atoms with van der Waals surface area (Å²) >= 11 is 3.59. The normalized spacial score (nSPS) is 19.6. The first-order chi connectivity index (χ1) is 25.6. The van der Waals surface area contributed by atoms with Crippen molar-refractivity contribution in [2.24, 2.45) is 0 Å². The number of carbonyl (C=O) groups is 5. The van der Waals surface area contributed by atoms with Crippen LogP contribution in [0.1, 0.15) is 81.3 Å². The van der Waals surface area contributed by atoms with Crippen molar-refractivity contribution in [1.29, 1.82) is 0 Å². The Kier molecular flexibility index (Phi) is 9.18. The Morgan fingerprint density at radius 3 is 2.43 bits per heavy atom. The summed E-state index contributed by atoms with van der Waals surface area (Å²) in [5.74, 6) is -1.10. The van der Waals surface area contributed by atoms with Gasteiger partial charge in [-0.2, -0.15) is 4.98 Å². The number of imide groups is 2. The van der Waals surface area contributed by atoms with Gasteiger partial charge in [0.05, 0.1) is 23.0 Å². The number of anilines is 3. The number of rotatable bonds is 8. The average Bonchev–Trinajstić information content (AvgIpc) is 3.87.